The van der Waals surface area contributed by atoms with Crippen LogP contribution in [0.1, 0.15) is 35.3 Å². The first-order chi connectivity index (χ1) is 15.5. The summed E-state index contributed by atoms with van der Waals surface area (Å²) in [6, 6.07) is 22.9. The van der Waals surface area contributed by atoms with Crippen LogP contribution in [0.5, 0.6) is 0 Å². The maximum Gasteiger partial charge on any atom is 0.262 e. The molecule has 3 N–H and O–H groups in total. The van der Waals surface area contributed by atoms with Crippen LogP contribution in [-0.2, 0) is 10.0 Å². The molecular weight excluding hydrogens is 422 g/mol. The summed E-state index contributed by atoms with van der Waals surface area (Å²) in [5, 5.41) is 4.38. The zero-order valence-electron chi connectivity index (χ0n) is 17.6. The molecule has 162 valence electrons. The number of sulfonamides is 1. The Kier molecular flexibility index (Phi) is 6.18. The van der Waals surface area contributed by atoms with E-state index in [9.17, 15) is 13.2 Å². The Morgan fingerprint density at radius 3 is 2.47 bits per heavy atom. The van der Waals surface area contributed by atoms with Gasteiger partial charge in [0, 0.05) is 16.8 Å². The van der Waals surface area contributed by atoms with Crippen molar-refractivity contribution in [3.63, 3.8) is 0 Å². The number of aromatic nitrogens is 1. The van der Waals surface area contributed by atoms with E-state index in [1.54, 1.807) is 54.9 Å². The van der Waals surface area contributed by atoms with Gasteiger partial charge < -0.3 is 5.32 Å². The predicted octanol–water partition coefficient (Wildman–Crippen LogP) is 4.34. The molecule has 0 fully saturated rings. The molecule has 0 aliphatic heterocycles. The van der Waals surface area contributed by atoms with E-state index in [2.05, 4.69) is 15.0 Å². The van der Waals surface area contributed by atoms with Crippen LogP contribution in [0.4, 0.5) is 5.69 Å². The average Bonchev–Trinajstić information content (AvgIpc) is 2.82. The Morgan fingerprint density at radius 1 is 0.938 bits per heavy atom. The van der Waals surface area contributed by atoms with E-state index in [0.717, 1.165) is 10.9 Å². The lowest BCUT2D eigenvalue weighted by Gasteiger charge is -2.19. The molecule has 0 aliphatic carbocycles. The van der Waals surface area contributed by atoms with Crippen molar-refractivity contribution < 1.29 is 18.2 Å². The van der Waals surface area contributed by atoms with Gasteiger partial charge in [-0.15, -0.1) is 0 Å². The quantitative estimate of drug-likeness (QED) is 0.443. The summed E-state index contributed by atoms with van der Waals surface area (Å²) in [6.45, 7) is 1.99. The number of para-hydroxylation sites is 1. The molecule has 0 saturated heterocycles. The monoisotopic (exact) mass is 446 g/mol. The third-order valence-electron chi connectivity index (χ3n) is 5.31. The van der Waals surface area contributed by atoms with Crippen LogP contribution >= 0.6 is 0 Å². The molecule has 3 aromatic carbocycles. The van der Waals surface area contributed by atoms with Gasteiger partial charge in [0.2, 0.25) is 0 Å². The lowest BCUT2D eigenvalue weighted by Crippen LogP contribution is -2.29. The molecule has 6 nitrogen and oxygen atoms in total. The van der Waals surface area contributed by atoms with E-state index in [1.165, 1.54) is 0 Å². The van der Waals surface area contributed by atoms with Crippen molar-refractivity contribution in [3.8, 4) is 0 Å². The summed E-state index contributed by atoms with van der Waals surface area (Å²) >= 11 is 0. The zero-order chi connectivity index (χ0) is 22.6. The van der Waals surface area contributed by atoms with Gasteiger partial charge in [0.05, 0.1) is 22.2 Å². The highest BCUT2D eigenvalue weighted by Crippen LogP contribution is 2.26. The molecule has 1 aromatic heterocycles. The predicted molar refractivity (Wildman–Crippen MR) is 125 cm³/mol. The highest BCUT2D eigenvalue weighted by atomic mass is 32.2. The van der Waals surface area contributed by atoms with Crippen molar-refractivity contribution >= 4 is 32.4 Å². The Bertz CT molecular complexity index is 1350. The normalized spacial score (nSPS) is 12.3. The summed E-state index contributed by atoms with van der Waals surface area (Å²) in [5.74, 6) is -0.341. The fourth-order valence-electron chi connectivity index (χ4n) is 3.68. The maximum atomic E-state index is 13.2. The number of pyridine rings is 1. The fraction of sp³-hybridized carbons (Fsp3) is 0.120. The molecule has 0 aliphatic rings. The average molecular weight is 447 g/mol. The zero-order valence-corrected chi connectivity index (χ0v) is 18.4. The number of benzene rings is 3. The van der Waals surface area contributed by atoms with E-state index < -0.39 is 10.0 Å². The minimum atomic E-state index is -3.93. The molecule has 4 rings (SSSR count). The highest BCUT2D eigenvalue weighted by molar-refractivity contribution is 7.93. The number of H-pyrrole nitrogens is 1. The van der Waals surface area contributed by atoms with Gasteiger partial charge in [0.25, 0.3) is 15.9 Å². The van der Waals surface area contributed by atoms with Crippen LogP contribution in [0, 0.1) is 0 Å². The molecule has 0 radical (unpaired) electrons. The van der Waals surface area contributed by atoms with E-state index in [1.807, 2.05) is 43.3 Å². The number of anilines is 1. The molecule has 1 atom stereocenters. The van der Waals surface area contributed by atoms with Gasteiger partial charge in [0.15, 0.2) is 12.4 Å². The minimum absolute atomic E-state index is 0.148. The molecule has 4 aromatic rings. The molecule has 32 heavy (non-hydrogen) atoms. The third-order valence-corrected chi connectivity index (χ3v) is 6.73. The van der Waals surface area contributed by atoms with E-state index in [-0.39, 0.29) is 28.1 Å². The minimum Gasteiger partial charge on any atom is -0.345 e. The van der Waals surface area contributed by atoms with Crippen molar-refractivity contribution in [2.24, 2.45) is 0 Å². The van der Waals surface area contributed by atoms with Crippen LogP contribution in [0.2, 0.25) is 0 Å². The lowest BCUT2D eigenvalue weighted by atomic mass is 10.0. The van der Waals surface area contributed by atoms with E-state index in [0.29, 0.717) is 11.8 Å². The SMILES string of the molecule is CC[C@H](NC(=O)c1ccccc1NS(=O)(=O)c1cccc2c[nH+]ccc12)c1ccccc1. The van der Waals surface area contributed by atoms with Crippen molar-refractivity contribution in [2.45, 2.75) is 24.3 Å². The van der Waals surface area contributed by atoms with Gasteiger partial charge in [-0.3, -0.25) is 9.52 Å². The number of rotatable bonds is 7. The molecule has 0 saturated carbocycles. The van der Waals surface area contributed by atoms with Crippen LogP contribution in [-0.4, -0.2) is 14.3 Å². The van der Waals surface area contributed by atoms with Gasteiger partial charge in [-0.1, -0.05) is 55.5 Å². The van der Waals surface area contributed by atoms with Crippen LogP contribution in [0.15, 0.2) is 96.2 Å². The fourth-order valence-corrected chi connectivity index (χ4v) is 4.99. The maximum absolute atomic E-state index is 13.2. The molecule has 1 heterocycles. The van der Waals surface area contributed by atoms with Crippen molar-refractivity contribution in [2.75, 3.05) is 4.72 Å². The summed E-state index contributed by atoms with van der Waals surface area (Å²) in [7, 11) is -3.93. The number of nitrogens with one attached hydrogen (secondary N) is 3. The summed E-state index contributed by atoms with van der Waals surface area (Å²) in [5.41, 5.74) is 1.49. The number of aromatic amines is 1. The number of hydrogen-bond donors (Lipinski definition) is 2. The Morgan fingerprint density at radius 2 is 1.69 bits per heavy atom. The van der Waals surface area contributed by atoms with Crippen molar-refractivity contribution in [1.82, 2.24) is 5.32 Å². The van der Waals surface area contributed by atoms with Gasteiger partial charge in [0.1, 0.15) is 0 Å². The molecule has 0 bridgehead atoms. The van der Waals surface area contributed by atoms with E-state index >= 15 is 0 Å². The number of carbonyl (C=O) groups is 1. The van der Waals surface area contributed by atoms with E-state index in [4.69, 9.17) is 0 Å². The van der Waals surface area contributed by atoms with Crippen LogP contribution in [0.3, 0.4) is 0 Å². The largest absolute Gasteiger partial charge is 0.345 e. The summed E-state index contributed by atoms with van der Waals surface area (Å²) in [6.07, 6.45) is 4.12. The van der Waals surface area contributed by atoms with Gasteiger partial charge >= 0.3 is 0 Å². The molecular formula is C25H24N3O3S+. The molecule has 0 unspecified atom stereocenters. The highest BCUT2D eigenvalue weighted by Gasteiger charge is 2.22. The second-order valence-corrected chi connectivity index (χ2v) is 9.05. The van der Waals surface area contributed by atoms with Gasteiger partial charge in [-0.05, 0) is 36.2 Å². The first-order valence-corrected chi connectivity index (χ1v) is 11.8. The third kappa shape index (κ3) is 4.48. The topological polar surface area (TPSA) is 89.4 Å². The second kappa shape index (κ2) is 9.20. The molecule has 0 spiro atoms. The number of fused-ring (bicyclic) bond motifs is 1. The first kappa shape index (κ1) is 21.5. The Balaban J connectivity index is 1.64. The van der Waals surface area contributed by atoms with Crippen molar-refractivity contribution in [3.05, 3.63) is 102 Å². The second-order valence-electron chi connectivity index (χ2n) is 7.40. The summed E-state index contributed by atoms with van der Waals surface area (Å²) < 4.78 is 29.1. The smallest absolute Gasteiger partial charge is 0.262 e. The number of hydrogen-bond acceptors (Lipinski definition) is 3. The van der Waals surface area contributed by atoms with Gasteiger partial charge in [-0.2, -0.15) is 0 Å². The lowest BCUT2D eigenvalue weighted by molar-refractivity contribution is -0.375. The standard InChI is InChI=1S/C25H23N3O3S/c1-2-22(18-9-4-3-5-10-18)27-25(29)21-12-6-7-13-23(21)28-32(30,31)24-14-8-11-19-17-26-16-15-20(19)24/h3-17,22,28H,2H2,1H3,(H,27,29)/p+1/t22-/m0/s1. The van der Waals surface area contributed by atoms with Crippen molar-refractivity contribution in [1.29, 1.82) is 0 Å². The molecule has 7 heteroatoms. The van der Waals surface area contributed by atoms with Crippen LogP contribution < -0.4 is 15.0 Å². The Hall–Kier alpha value is -3.71. The van der Waals surface area contributed by atoms with Crippen LogP contribution in [0.25, 0.3) is 10.8 Å². The Labute approximate surface area is 187 Å². The first-order valence-electron chi connectivity index (χ1n) is 10.4. The number of amides is 1. The van der Waals surface area contributed by atoms with Gasteiger partial charge in [-0.25, -0.2) is 13.4 Å². The summed E-state index contributed by atoms with van der Waals surface area (Å²) in [4.78, 5) is 16.2. The molecule has 1 amide bonds. The number of carbonyl (C=O) groups excluding carboxylic acids is 1.